The van der Waals surface area contributed by atoms with Crippen LogP contribution in [0.2, 0.25) is 0 Å². The fourth-order valence-electron chi connectivity index (χ4n) is 8.24. The smallest absolute Gasteiger partial charge is 0.0947 e. The number of aromatic nitrogens is 2. The number of anilines is 1. The second-order valence-electron chi connectivity index (χ2n) is 13.4. The van der Waals surface area contributed by atoms with Crippen LogP contribution < -0.4 is 5.32 Å². The second kappa shape index (κ2) is 10.5. The zero-order valence-corrected chi connectivity index (χ0v) is 27.1. The molecule has 7 aromatic carbocycles. The Hall–Kier alpha value is -6.58. The lowest BCUT2D eigenvalue weighted by atomic mass is 9.92. The minimum absolute atomic E-state index is 0.00291. The van der Waals surface area contributed by atoms with E-state index in [9.17, 15) is 0 Å². The van der Waals surface area contributed by atoms with E-state index in [1.165, 1.54) is 49.7 Å². The lowest BCUT2D eigenvalue weighted by Gasteiger charge is -2.24. The van der Waals surface area contributed by atoms with Crippen molar-refractivity contribution in [3.05, 3.63) is 169 Å². The van der Waals surface area contributed by atoms with Gasteiger partial charge in [-0.25, -0.2) is 9.97 Å². The van der Waals surface area contributed by atoms with E-state index in [0.717, 1.165) is 55.2 Å². The van der Waals surface area contributed by atoms with Crippen LogP contribution in [0.25, 0.3) is 94.2 Å². The predicted molar refractivity (Wildman–Crippen MR) is 209 cm³/mol. The van der Waals surface area contributed by atoms with Crippen LogP contribution in [0.4, 0.5) is 5.69 Å². The lowest BCUT2D eigenvalue weighted by molar-refractivity contribution is 0.981. The van der Waals surface area contributed by atoms with Crippen LogP contribution in [0, 0.1) is 0 Å². The molecule has 232 valence electrons. The summed E-state index contributed by atoms with van der Waals surface area (Å²) in [6.07, 6.45) is 4.50. The zero-order chi connectivity index (χ0) is 32.8. The highest BCUT2D eigenvalue weighted by molar-refractivity contribution is 6.16. The van der Waals surface area contributed by atoms with E-state index in [-0.39, 0.29) is 6.04 Å². The van der Waals surface area contributed by atoms with E-state index in [1.807, 2.05) is 0 Å². The molecule has 0 spiro atoms. The van der Waals surface area contributed by atoms with Gasteiger partial charge in [0.2, 0.25) is 0 Å². The SMILES string of the molecule is C1=CC(c2cccc(-c3c4ccccc4nc4ccccc34)c2)Nc2c1ccc1ccc(-c3ccc4c(c3)-c3cccc5cccc-4c35)nc21. The summed E-state index contributed by atoms with van der Waals surface area (Å²) in [7, 11) is 0. The Balaban J connectivity index is 0.993. The maximum atomic E-state index is 5.34. The van der Waals surface area contributed by atoms with Crippen LogP contribution >= 0.6 is 0 Å². The molecule has 0 saturated heterocycles. The first-order chi connectivity index (χ1) is 24.8. The second-order valence-corrected chi connectivity index (χ2v) is 13.4. The first kappa shape index (κ1) is 27.4. The molecular weight excluding hydrogens is 607 g/mol. The number of pyridine rings is 2. The van der Waals surface area contributed by atoms with Gasteiger partial charge in [0.15, 0.2) is 0 Å². The Labute approximate surface area is 289 Å². The third-order valence-corrected chi connectivity index (χ3v) is 10.6. The Bertz CT molecular complexity index is 2860. The normalized spacial score (nSPS) is 14.3. The van der Waals surface area contributed by atoms with Crippen molar-refractivity contribution in [2.45, 2.75) is 6.04 Å². The summed E-state index contributed by atoms with van der Waals surface area (Å²) in [6, 6.07) is 54.6. The molecule has 2 aromatic heterocycles. The van der Waals surface area contributed by atoms with Gasteiger partial charge in [-0.2, -0.15) is 0 Å². The van der Waals surface area contributed by atoms with Gasteiger partial charge in [0.1, 0.15) is 0 Å². The number of fused-ring (bicyclic) bond motifs is 8. The van der Waals surface area contributed by atoms with Crippen molar-refractivity contribution in [1.82, 2.24) is 9.97 Å². The fourth-order valence-corrected chi connectivity index (χ4v) is 8.24. The highest BCUT2D eigenvalue weighted by Crippen LogP contribution is 2.48. The van der Waals surface area contributed by atoms with E-state index in [2.05, 4.69) is 169 Å². The molecule has 3 heteroatoms. The van der Waals surface area contributed by atoms with Gasteiger partial charge in [-0.3, -0.25) is 0 Å². The van der Waals surface area contributed by atoms with Crippen molar-refractivity contribution < 1.29 is 0 Å². The monoisotopic (exact) mass is 635 g/mol. The lowest BCUT2D eigenvalue weighted by Crippen LogP contribution is -2.13. The fraction of sp³-hybridized carbons (Fsp3) is 0.0213. The average molecular weight is 636 g/mol. The van der Waals surface area contributed by atoms with E-state index in [1.54, 1.807) is 0 Å². The molecule has 11 rings (SSSR count). The summed E-state index contributed by atoms with van der Waals surface area (Å²) < 4.78 is 0. The third-order valence-electron chi connectivity index (χ3n) is 10.6. The Kier molecular flexibility index (Phi) is 5.73. The Morgan fingerprint density at radius 2 is 1.24 bits per heavy atom. The van der Waals surface area contributed by atoms with Crippen LogP contribution in [-0.4, -0.2) is 9.97 Å². The highest BCUT2D eigenvalue weighted by atomic mass is 14.9. The molecule has 3 heterocycles. The van der Waals surface area contributed by atoms with Crippen LogP contribution in [0.1, 0.15) is 17.2 Å². The molecule has 1 atom stereocenters. The van der Waals surface area contributed by atoms with Crippen molar-refractivity contribution in [3.63, 3.8) is 0 Å². The number of benzene rings is 7. The molecule has 0 bridgehead atoms. The summed E-state index contributed by atoms with van der Waals surface area (Å²) in [4.78, 5) is 10.3. The zero-order valence-electron chi connectivity index (χ0n) is 27.1. The summed E-state index contributed by atoms with van der Waals surface area (Å²) in [5.41, 5.74) is 16.1. The minimum Gasteiger partial charge on any atom is -0.372 e. The first-order valence-electron chi connectivity index (χ1n) is 17.2. The van der Waals surface area contributed by atoms with Gasteiger partial charge < -0.3 is 5.32 Å². The minimum atomic E-state index is -0.00291. The maximum Gasteiger partial charge on any atom is 0.0947 e. The predicted octanol–water partition coefficient (Wildman–Crippen LogP) is 12.3. The summed E-state index contributed by atoms with van der Waals surface area (Å²) >= 11 is 0. The number of hydrogen-bond donors (Lipinski definition) is 1. The molecule has 50 heavy (non-hydrogen) atoms. The maximum absolute atomic E-state index is 5.34. The molecule has 2 aliphatic rings. The van der Waals surface area contributed by atoms with Crippen LogP contribution in [0.15, 0.2) is 158 Å². The first-order valence-corrected chi connectivity index (χ1v) is 17.2. The van der Waals surface area contributed by atoms with Crippen molar-refractivity contribution in [2.75, 3.05) is 5.32 Å². The van der Waals surface area contributed by atoms with Gasteiger partial charge in [0.05, 0.1) is 34.0 Å². The van der Waals surface area contributed by atoms with Crippen molar-refractivity contribution in [1.29, 1.82) is 0 Å². The van der Waals surface area contributed by atoms with Crippen molar-refractivity contribution in [3.8, 4) is 44.6 Å². The molecule has 3 nitrogen and oxygen atoms in total. The molecular formula is C47H29N3. The third kappa shape index (κ3) is 4.04. The van der Waals surface area contributed by atoms with E-state index >= 15 is 0 Å². The van der Waals surface area contributed by atoms with Gasteiger partial charge in [-0.15, -0.1) is 0 Å². The summed E-state index contributed by atoms with van der Waals surface area (Å²) in [5.74, 6) is 0. The van der Waals surface area contributed by atoms with E-state index < -0.39 is 0 Å². The Morgan fingerprint density at radius 1 is 0.500 bits per heavy atom. The summed E-state index contributed by atoms with van der Waals surface area (Å²) in [6.45, 7) is 0. The Morgan fingerprint density at radius 3 is 2.06 bits per heavy atom. The standard InChI is InChI=1S/C47H29N3/c1-3-16-42-37(12-1)45(38-13-2-4-17-43(38)48-42)33-11-5-10-31(26-33)40-24-21-29-18-19-30-22-25-41(50-47(30)46(29)49-40)32-20-23-34-35-14-6-8-28-9-7-15-36(44(28)35)39(34)27-32/h1-27,40,49H. The molecule has 0 amide bonds. The largest absolute Gasteiger partial charge is 0.372 e. The molecule has 1 aliphatic heterocycles. The molecule has 1 unspecified atom stereocenters. The molecule has 9 aromatic rings. The van der Waals surface area contributed by atoms with Gasteiger partial charge in [0, 0.05) is 27.3 Å². The van der Waals surface area contributed by atoms with E-state index in [0.29, 0.717) is 0 Å². The van der Waals surface area contributed by atoms with Crippen LogP contribution in [0.3, 0.4) is 0 Å². The quantitative estimate of drug-likeness (QED) is 0.196. The molecule has 0 radical (unpaired) electrons. The number of rotatable bonds is 3. The number of hydrogen-bond acceptors (Lipinski definition) is 3. The van der Waals surface area contributed by atoms with Crippen molar-refractivity contribution >= 4 is 55.2 Å². The summed E-state index contributed by atoms with van der Waals surface area (Å²) in [5, 5.41) is 9.97. The van der Waals surface area contributed by atoms with Gasteiger partial charge in [0.25, 0.3) is 0 Å². The van der Waals surface area contributed by atoms with E-state index in [4.69, 9.17) is 9.97 Å². The molecule has 0 fully saturated rings. The van der Waals surface area contributed by atoms with Gasteiger partial charge in [-0.05, 0) is 80.0 Å². The van der Waals surface area contributed by atoms with Gasteiger partial charge in [-0.1, -0.05) is 133 Å². The molecule has 1 N–H and O–H groups in total. The number of nitrogens with one attached hydrogen (secondary N) is 1. The molecule has 0 saturated carbocycles. The van der Waals surface area contributed by atoms with Crippen LogP contribution in [0.5, 0.6) is 0 Å². The number of nitrogens with zero attached hydrogens (tertiary/aromatic N) is 2. The average Bonchev–Trinajstić information content (AvgIpc) is 3.51. The van der Waals surface area contributed by atoms with Gasteiger partial charge >= 0.3 is 0 Å². The highest BCUT2D eigenvalue weighted by Gasteiger charge is 2.23. The number of para-hydroxylation sites is 2. The van der Waals surface area contributed by atoms with Crippen molar-refractivity contribution in [2.24, 2.45) is 0 Å². The molecule has 1 aliphatic carbocycles. The van der Waals surface area contributed by atoms with Crippen LogP contribution in [-0.2, 0) is 0 Å². The topological polar surface area (TPSA) is 37.8 Å².